The van der Waals surface area contributed by atoms with Gasteiger partial charge in [0.2, 0.25) is 5.91 Å². The highest BCUT2D eigenvalue weighted by atomic mass is 32.2. The molecule has 14 heavy (non-hydrogen) atoms. The summed E-state index contributed by atoms with van der Waals surface area (Å²) < 4.78 is 0. The van der Waals surface area contributed by atoms with E-state index in [9.17, 15) is 9.59 Å². The number of rotatable bonds is 2. The van der Waals surface area contributed by atoms with Crippen molar-refractivity contribution in [1.82, 2.24) is 4.90 Å². The molecule has 0 aliphatic carbocycles. The van der Waals surface area contributed by atoms with Crippen LogP contribution in [0.25, 0.3) is 0 Å². The molecule has 80 valence electrons. The molecule has 0 aromatic carbocycles. The van der Waals surface area contributed by atoms with Gasteiger partial charge in [0.25, 0.3) is 0 Å². The lowest BCUT2D eigenvalue weighted by molar-refractivity contribution is -0.126. The number of hydrogen-bond donors (Lipinski definition) is 0. The molecular weight excluding hydrogens is 204 g/mol. The van der Waals surface area contributed by atoms with Gasteiger partial charge in [0.1, 0.15) is 5.04 Å². The first-order chi connectivity index (χ1) is 6.49. The van der Waals surface area contributed by atoms with Crippen LogP contribution in [0.3, 0.4) is 0 Å². The summed E-state index contributed by atoms with van der Waals surface area (Å²) in [6, 6.07) is 0. The Kier molecular flexibility index (Phi) is 5.94. The minimum atomic E-state index is -0.770. The van der Waals surface area contributed by atoms with Crippen molar-refractivity contribution in [3.8, 4) is 0 Å². The second-order valence-corrected chi connectivity index (χ2v) is 3.94. The number of nitrogens with zero attached hydrogens (tertiary/aromatic N) is 2. The molecule has 0 bridgehead atoms. The van der Waals surface area contributed by atoms with E-state index in [-0.39, 0.29) is 5.91 Å². The van der Waals surface area contributed by atoms with Crippen LogP contribution in [0.5, 0.6) is 0 Å². The largest absolute Gasteiger partial charge is 0.442 e. The van der Waals surface area contributed by atoms with E-state index in [1.807, 2.05) is 6.92 Å². The second-order valence-electron chi connectivity index (χ2n) is 2.48. The highest BCUT2D eigenvalue weighted by molar-refractivity contribution is 8.13. The van der Waals surface area contributed by atoms with Gasteiger partial charge < -0.3 is 0 Å². The molecule has 6 heteroatoms. The molecule has 0 aliphatic heterocycles. The third-order valence-electron chi connectivity index (χ3n) is 1.35. The Balaban J connectivity index is 4.07. The van der Waals surface area contributed by atoms with Crippen LogP contribution in [-0.2, 0) is 9.63 Å². The van der Waals surface area contributed by atoms with E-state index in [4.69, 9.17) is 0 Å². The molecule has 0 aliphatic rings. The Bertz CT molecular complexity index is 253. The molecular formula is C8H14N2O3S. The molecule has 2 amide bonds. The Labute approximate surface area is 87.5 Å². The van der Waals surface area contributed by atoms with Crippen molar-refractivity contribution in [2.24, 2.45) is 5.16 Å². The van der Waals surface area contributed by atoms with E-state index in [2.05, 4.69) is 9.99 Å². The van der Waals surface area contributed by atoms with Crippen LogP contribution in [0.15, 0.2) is 5.16 Å². The van der Waals surface area contributed by atoms with E-state index < -0.39 is 6.09 Å². The average molecular weight is 218 g/mol. The quantitative estimate of drug-likeness (QED) is 0.306. The zero-order chi connectivity index (χ0) is 11.1. The van der Waals surface area contributed by atoms with Gasteiger partial charge in [-0.2, -0.15) is 0 Å². The lowest BCUT2D eigenvalue weighted by Crippen LogP contribution is -2.30. The van der Waals surface area contributed by atoms with Crippen LogP contribution in [0.1, 0.15) is 20.8 Å². The van der Waals surface area contributed by atoms with E-state index in [0.717, 1.165) is 10.7 Å². The van der Waals surface area contributed by atoms with Gasteiger partial charge in [0.05, 0.1) is 0 Å². The molecule has 0 aromatic rings. The average Bonchev–Trinajstić information content (AvgIpc) is 2.13. The van der Waals surface area contributed by atoms with Gasteiger partial charge in [0.15, 0.2) is 0 Å². The summed E-state index contributed by atoms with van der Waals surface area (Å²) >= 11 is 1.46. The smallest absolute Gasteiger partial charge is 0.297 e. The first-order valence-electron chi connectivity index (χ1n) is 4.11. The molecule has 0 unspecified atom stereocenters. The number of hydrogen-bond acceptors (Lipinski definition) is 5. The highest BCUT2D eigenvalue weighted by Crippen LogP contribution is 2.03. The molecule has 0 aromatic heterocycles. The van der Waals surface area contributed by atoms with E-state index in [1.165, 1.54) is 25.7 Å². The summed E-state index contributed by atoms with van der Waals surface area (Å²) in [7, 11) is 1.34. The molecule has 0 rings (SSSR count). The van der Waals surface area contributed by atoms with E-state index in [1.54, 1.807) is 6.92 Å². The second kappa shape index (κ2) is 6.42. The Morgan fingerprint density at radius 3 is 2.43 bits per heavy atom. The topological polar surface area (TPSA) is 59.0 Å². The van der Waals surface area contributed by atoms with Gasteiger partial charge >= 0.3 is 6.09 Å². The van der Waals surface area contributed by atoms with Crippen molar-refractivity contribution in [3.05, 3.63) is 0 Å². The number of amides is 2. The Morgan fingerprint density at radius 1 is 1.43 bits per heavy atom. The van der Waals surface area contributed by atoms with E-state index >= 15 is 0 Å². The fourth-order valence-corrected chi connectivity index (χ4v) is 1.04. The number of imide groups is 1. The maximum Gasteiger partial charge on any atom is 0.442 e. The maximum absolute atomic E-state index is 11.1. The van der Waals surface area contributed by atoms with Crippen molar-refractivity contribution >= 4 is 28.8 Å². The number of carbonyl (C=O) groups excluding carboxylic acids is 2. The first kappa shape index (κ1) is 13.0. The van der Waals surface area contributed by atoms with Crippen LogP contribution < -0.4 is 0 Å². The summed E-state index contributed by atoms with van der Waals surface area (Å²) in [5.41, 5.74) is 0. The summed E-state index contributed by atoms with van der Waals surface area (Å²) in [6.07, 6.45) is -0.770. The third kappa shape index (κ3) is 4.86. The maximum atomic E-state index is 11.1. The van der Waals surface area contributed by atoms with Crippen molar-refractivity contribution in [2.75, 3.05) is 12.8 Å². The molecule has 0 N–H and O–H groups in total. The molecule has 0 spiro atoms. The zero-order valence-corrected chi connectivity index (χ0v) is 9.55. The standard InChI is InChI=1S/C8H14N2O3S/c1-5-14-6(2)9-13-8(12)10(4)7(3)11/h5H2,1-4H3/b9-6+. The van der Waals surface area contributed by atoms with Crippen molar-refractivity contribution in [2.45, 2.75) is 20.8 Å². The highest BCUT2D eigenvalue weighted by Gasteiger charge is 2.13. The monoisotopic (exact) mass is 218 g/mol. The Hall–Kier alpha value is -1.04. The first-order valence-corrected chi connectivity index (χ1v) is 5.10. The fourth-order valence-electron chi connectivity index (χ4n) is 0.528. The predicted octanol–water partition coefficient (Wildman–Crippen LogP) is 1.69. The van der Waals surface area contributed by atoms with Gasteiger partial charge in [0, 0.05) is 14.0 Å². The zero-order valence-electron chi connectivity index (χ0n) is 8.73. The molecule has 0 radical (unpaired) electrons. The Morgan fingerprint density at radius 2 is 2.00 bits per heavy atom. The SMILES string of the molecule is CCS/C(C)=N/OC(=O)N(C)C(C)=O. The van der Waals surface area contributed by atoms with Crippen LogP contribution >= 0.6 is 11.8 Å². The molecule has 0 fully saturated rings. The van der Waals surface area contributed by atoms with Crippen LogP contribution in [0, 0.1) is 0 Å². The predicted molar refractivity (Wildman–Crippen MR) is 56.2 cm³/mol. The minimum Gasteiger partial charge on any atom is -0.297 e. The number of thioether (sulfide) groups is 1. The van der Waals surface area contributed by atoms with Gasteiger partial charge in [-0.1, -0.05) is 12.1 Å². The summed E-state index contributed by atoms with van der Waals surface area (Å²) in [5.74, 6) is 0.473. The van der Waals surface area contributed by atoms with Crippen LogP contribution in [-0.4, -0.2) is 34.7 Å². The summed E-state index contributed by atoms with van der Waals surface area (Å²) in [4.78, 5) is 27.2. The van der Waals surface area contributed by atoms with Gasteiger partial charge in [-0.25, -0.2) is 9.69 Å². The van der Waals surface area contributed by atoms with Crippen molar-refractivity contribution in [1.29, 1.82) is 0 Å². The summed E-state index contributed by atoms with van der Waals surface area (Å²) in [5, 5.41) is 4.20. The third-order valence-corrected chi connectivity index (χ3v) is 2.13. The molecule has 0 atom stereocenters. The number of carbonyl (C=O) groups is 2. The lowest BCUT2D eigenvalue weighted by Gasteiger charge is -2.09. The molecule has 5 nitrogen and oxygen atoms in total. The molecule has 0 saturated heterocycles. The molecule has 0 saturated carbocycles. The molecule has 0 heterocycles. The van der Waals surface area contributed by atoms with Gasteiger partial charge in [-0.3, -0.25) is 9.63 Å². The van der Waals surface area contributed by atoms with Crippen LogP contribution in [0.4, 0.5) is 4.79 Å². The summed E-state index contributed by atoms with van der Waals surface area (Å²) in [6.45, 7) is 4.97. The van der Waals surface area contributed by atoms with Crippen LogP contribution in [0.2, 0.25) is 0 Å². The van der Waals surface area contributed by atoms with Gasteiger partial charge in [-0.05, 0) is 12.7 Å². The van der Waals surface area contributed by atoms with Gasteiger partial charge in [-0.15, -0.1) is 11.8 Å². The normalized spacial score (nSPS) is 11.0. The number of oxime groups is 1. The van der Waals surface area contributed by atoms with Crippen molar-refractivity contribution < 1.29 is 14.4 Å². The minimum absolute atomic E-state index is 0.383. The van der Waals surface area contributed by atoms with E-state index in [0.29, 0.717) is 5.04 Å². The van der Waals surface area contributed by atoms with Crippen molar-refractivity contribution in [3.63, 3.8) is 0 Å². The fraction of sp³-hybridized carbons (Fsp3) is 0.625. The lowest BCUT2D eigenvalue weighted by atomic mass is 10.6.